The maximum atomic E-state index is 13.5. The van der Waals surface area contributed by atoms with E-state index in [2.05, 4.69) is 5.32 Å². The Morgan fingerprint density at radius 3 is 2.60 bits per heavy atom. The lowest BCUT2D eigenvalue weighted by Crippen LogP contribution is -2.21. The molecule has 5 heteroatoms. The molecule has 0 radical (unpaired) electrons. The Bertz CT molecular complexity index is 546. The fourth-order valence-electron chi connectivity index (χ4n) is 3.69. The molecule has 0 spiro atoms. The van der Waals surface area contributed by atoms with Crippen LogP contribution < -0.4 is 5.32 Å². The Kier molecular flexibility index (Phi) is 3.44. The largest absolute Gasteiger partial charge is 0.323 e. The normalized spacial score (nSPS) is 27.9. The van der Waals surface area contributed by atoms with Gasteiger partial charge in [0, 0.05) is 6.42 Å². The number of fused-ring (bicyclic) bond motifs is 2. The summed E-state index contributed by atoms with van der Waals surface area (Å²) in [4.78, 5) is 11.9. The van der Waals surface area contributed by atoms with Crippen LogP contribution >= 0.6 is 0 Å². The van der Waals surface area contributed by atoms with Crippen LogP contribution in [0.3, 0.4) is 0 Å². The third-order valence-corrected chi connectivity index (χ3v) is 4.64. The van der Waals surface area contributed by atoms with Gasteiger partial charge in [0.05, 0.1) is 5.69 Å². The molecule has 0 saturated heterocycles. The van der Waals surface area contributed by atoms with Gasteiger partial charge >= 0.3 is 0 Å². The Morgan fingerprint density at radius 2 is 1.95 bits per heavy atom. The lowest BCUT2D eigenvalue weighted by Gasteiger charge is -2.21. The van der Waals surface area contributed by atoms with Gasteiger partial charge < -0.3 is 5.32 Å². The molecular weight excluding hydrogens is 267 g/mol. The van der Waals surface area contributed by atoms with E-state index in [4.69, 9.17) is 0 Å². The molecule has 2 aliphatic carbocycles. The first-order valence-electron chi connectivity index (χ1n) is 6.98. The monoisotopic (exact) mass is 283 g/mol. The third-order valence-electron chi connectivity index (χ3n) is 4.64. The Labute approximate surface area is 115 Å². The van der Waals surface area contributed by atoms with Gasteiger partial charge in [0.15, 0.2) is 17.5 Å². The molecule has 2 nitrogen and oxygen atoms in total. The predicted molar refractivity (Wildman–Crippen MR) is 68.5 cm³/mol. The van der Waals surface area contributed by atoms with Gasteiger partial charge in [0.2, 0.25) is 5.91 Å². The van der Waals surface area contributed by atoms with E-state index in [-0.39, 0.29) is 11.6 Å². The zero-order valence-electron chi connectivity index (χ0n) is 11.0. The van der Waals surface area contributed by atoms with Gasteiger partial charge in [-0.25, -0.2) is 13.2 Å². The van der Waals surface area contributed by atoms with Crippen molar-refractivity contribution in [1.29, 1.82) is 0 Å². The molecular formula is C15H16F3NO. The standard InChI is InChI=1S/C15H16F3NO/c16-11-3-4-12(15(18)14(11)17)19-13(20)7-10-6-8-1-2-9(10)5-8/h3-4,8-10H,1-2,5-7H2,(H,19,20)/t8-,9-,10+/m1/s1. The molecule has 0 aliphatic heterocycles. The molecule has 1 N–H and O–H groups in total. The summed E-state index contributed by atoms with van der Waals surface area (Å²) in [7, 11) is 0. The number of benzene rings is 1. The van der Waals surface area contributed by atoms with Gasteiger partial charge in [0.1, 0.15) is 0 Å². The summed E-state index contributed by atoms with van der Waals surface area (Å²) in [6, 6.07) is 1.86. The predicted octanol–water partition coefficient (Wildman–Crippen LogP) is 3.87. The number of hydrogen-bond donors (Lipinski definition) is 1. The van der Waals surface area contributed by atoms with Crippen LogP contribution in [-0.4, -0.2) is 5.91 Å². The SMILES string of the molecule is O=C(C[C@@H]1C[C@@H]2CC[C@@H]1C2)Nc1ccc(F)c(F)c1F. The number of hydrogen-bond acceptors (Lipinski definition) is 1. The highest BCUT2D eigenvalue weighted by atomic mass is 19.2. The average molecular weight is 283 g/mol. The van der Waals surface area contributed by atoms with Crippen LogP contribution in [0.1, 0.15) is 32.1 Å². The molecule has 2 saturated carbocycles. The highest BCUT2D eigenvalue weighted by Gasteiger charge is 2.40. The van der Waals surface area contributed by atoms with E-state index in [1.54, 1.807) is 0 Å². The zero-order valence-corrected chi connectivity index (χ0v) is 11.0. The van der Waals surface area contributed by atoms with Crippen molar-refractivity contribution in [2.45, 2.75) is 32.1 Å². The van der Waals surface area contributed by atoms with E-state index >= 15 is 0 Å². The lowest BCUT2D eigenvalue weighted by atomic mass is 9.86. The average Bonchev–Trinajstić information content (AvgIpc) is 3.02. The van der Waals surface area contributed by atoms with Gasteiger partial charge in [-0.2, -0.15) is 0 Å². The Balaban J connectivity index is 1.63. The van der Waals surface area contributed by atoms with E-state index in [9.17, 15) is 18.0 Å². The van der Waals surface area contributed by atoms with Crippen molar-refractivity contribution < 1.29 is 18.0 Å². The molecule has 2 bridgehead atoms. The second-order valence-electron chi connectivity index (χ2n) is 5.91. The maximum Gasteiger partial charge on any atom is 0.224 e. The smallest absolute Gasteiger partial charge is 0.224 e. The van der Waals surface area contributed by atoms with E-state index in [1.807, 2.05) is 0 Å². The number of amides is 1. The minimum atomic E-state index is -1.55. The van der Waals surface area contributed by atoms with Crippen molar-refractivity contribution in [3.05, 3.63) is 29.6 Å². The maximum absolute atomic E-state index is 13.5. The molecule has 3 rings (SSSR count). The van der Waals surface area contributed by atoms with E-state index in [0.717, 1.165) is 24.5 Å². The number of rotatable bonds is 3. The molecule has 2 aliphatic rings. The topological polar surface area (TPSA) is 29.1 Å². The molecule has 0 unspecified atom stereocenters. The van der Waals surface area contributed by atoms with Crippen molar-refractivity contribution in [3.8, 4) is 0 Å². The molecule has 108 valence electrons. The molecule has 1 aromatic rings. The van der Waals surface area contributed by atoms with E-state index in [1.165, 1.54) is 19.3 Å². The minimum absolute atomic E-state index is 0.294. The second-order valence-corrected chi connectivity index (χ2v) is 5.91. The van der Waals surface area contributed by atoms with Crippen LogP contribution in [0, 0.1) is 35.2 Å². The third kappa shape index (κ3) is 2.41. The number of carbonyl (C=O) groups excluding carboxylic acids is 1. The minimum Gasteiger partial charge on any atom is -0.323 e. The highest BCUT2D eigenvalue weighted by molar-refractivity contribution is 5.91. The van der Waals surface area contributed by atoms with Gasteiger partial charge in [-0.15, -0.1) is 0 Å². The summed E-state index contributed by atoms with van der Waals surface area (Å²) in [5, 5.41) is 2.34. The second kappa shape index (κ2) is 5.11. The molecule has 1 amide bonds. The molecule has 1 aromatic carbocycles. The van der Waals surface area contributed by atoms with Crippen LogP contribution in [0.25, 0.3) is 0 Å². The fraction of sp³-hybridized carbons (Fsp3) is 0.533. The molecule has 0 heterocycles. The van der Waals surface area contributed by atoms with Crippen molar-refractivity contribution in [2.24, 2.45) is 17.8 Å². The summed E-state index contributed by atoms with van der Waals surface area (Å²) in [5.41, 5.74) is -0.294. The summed E-state index contributed by atoms with van der Waals surface area (Å²) in [6.07, 6.45) is 5.00. The summed E-state index contributed by atoms with van der Waals surface area (Å²) in [5.74, 6) is -2.80. The Morgan fingerprint density at radius 1 is 1.15 bits per heavy atom. The van der Waals surface area contributed by atoms with Gasteiger partial charge in [-0.05, 0) is 49.1 Å². The lowest BCUT2D eigenvalue weighted by molar-refractivity contribution is -0.117. The van der Waals surface area contributed by atoms with Crippen LogP contribution in [0.2, 0.25) is 0 Å². The Hall–Kier alpha value is -1.52. The van der Waals surface area contributed by atoms with Crippen molar-refractivity contribution >= 4 is 11.6 Å². The number of nitrogens with one attached hydrogen (secondary N) is 1. The quantitative estimate of drug-likeness (QED) is 0.838. The molecule has 0 aromatic heterocycles. The summed E-state index contributed by atoms with van der Waals surface area (Å²) >= 11 is 0. The van der Waals surface area contributed by atoms with Crippen molar-refractivity contribution in [1.82, 2.24) is 0 Å². The van der Waals surface area contributed by atoms with Crippen molar-refractivity contribution in [3.63, 3.8) is 0 Å². The van der Waals surface area contributed by atoms with Gasteiger partial charge in [-0.1, -0.05) is 6.42 Å². The zero-order chi connectivity index (χ0) is 14.3. The van der Waals surface area contributed by atoms with Gasteiger partial charge in [-0.3, -0.25) is 4.79 Å². The molecule has 3 atom stereocenters. The van der Waals surface area contributed by atoms with Crippen LogP contribution in [0.4, 0.5) is 18.9 Å². The van der Waals surface area contributed by atoms with Crippen molar-refractivity contribution in [2.75, 3.05) is 5.32 Å². The van der Waals surface area contributed by atoms with Crippen LogP contribution in [0.5, 0.6) is 0 Å². The number of anilines is 1. The summed E-state index contributed by atoms with van der Waals surface area (Å²) in [6.45, 7) is 0. The van der Waals surface area contributed by atoms with Crippen LogP contribution in [-0.2, 0) is 4.79 Å². The van der Waals surface area contributed by atoms with E-state index in [0.29, 0.717) is 18.3 Å². The van der Waals surface area contributed by atoms with E-state index < -0.39 is 17.5 Å². The number of halogens is 3. The first-order chi connectivity index (χ1) is 9.54. The first kappa shape index (κ1) is 13.5. The molecule has 2 fully saturated rings. The van der Waals surface area contributed by atoms with Gasteiger partial charge in [0.25, 0.3) is 0 Å². The fourth-order valence-corrected chi connectivity index (χ4v) is 3.69. The number of carbonyl (C=O) groups is 1. The molecule has 20 heavy (non-hydrogen) atoms. The summed E-state index contributed by atoms with van der Waals surface area (Å²) < 4.78 is 39.3. The first-order valence-corrected chi connectivity index (χ1v) is 6.98. The highest BCUT2D eigenvalue weighted by Crippen LogP contribution is 2.49. The van der Waals surface area contributed by atoms with Crippen LogP contribution in [0.15, 0.2) is 12.1 Å².